The van der Waals surface area contributed by atoms with Crippen LogP contribution in [0.5, 0.6) is 0 Å². The number of aliphatic imine (C=N–C) groups is 1. The van der Waals surface area contributed by atoms with E-state index in [2.05, 4.69) is 31.6 Å². The lowest BCUT2D eigenvalue weighted by molar-refractivity contribution is -0.143. The number of nitrogens with two attached hydrogens (primary N) is 3. The summed E-state index contributed by atoms with van der Waals surface area (Å²) in [5.41, 5.74) is 16.2. The number of guanidine groups is 1. The quantitative estimate of drug-likeness (QED) is 0.0284. The molecule has 0 rings (SSSR count). The first-order valence-corrected chi connectivity index (χ1v) is 14.7. The van der Waals surface area contributed by atoms with Crippen molar-refractivity contribution in [3.63, 3.8) is 0 Å². The molecule has 0 aliphatic carbocycles. The predicted molar refractivity (Wildman–Crippen MR) is 166 cm³/mol. The molecule has 0 heterocycles. The molecule has 48 heavy (non-hydrogen) atoms. The van der Waals surface area contributed by atoms with E-state index in [4.69, 9.17) is 27.4 Å². The molecule has 0 saturated carbocycles. The van der Waals surface area contributed by atoms with Crippen LogP contribution in [0.3, 0.4) is 0 Å². The van der Waals surface area contributed by atoms with E-state index < -0.39 is 116 Å². The van der Waals surface area contributed by atoms with Crippen LogP contribution in [0.2, 0.25) is 0 Å². The van der Waals surface area contributed by atoms with Crippen LogP contribution in [-0.4, -0.2) is 148 Å². The third-order valence-corrected chi connectivity index (χ3v) is 6.55. The van der Waals surface area contributed by atoms with Gasteiger partial charge in [-0.15, -0.1) is 0 Å². The highest BCUT2D eigenvalue weighted by atomic mass is 16.4. The summed E-state index contributed by atoms with van der Waals surface area (Å²) >= 11 is 0. The molecular formula is C26H48N10O12. The van der Waals surface area contributed by atoms with Gasteiger partial charge in [0, 0.05) is 6.54 Å². The topological polar surface area (TPSA) is 383 Å². The summed E-state index contributed by atoms with van der Waals surface area (Å²) in [5.74, 6) is -8.28. The van der Waals surface area contributed by atoms with Crippen LogP contribution in [0.25, 0.3) is 0 Å². The van der Waals surface area contributed by atoms with Crippen molar-refractivity contribution in [3.8, 4) is 0 Å². The van der Waals surface area contributed by atoms with Crippen LogP contribution in [-0.2, 0) is 33.6 Å². The Balaban J connectivity index is 5.29. The number of carboxylic acid groups (broad SMARTS) is 1. The second kappa shape index (κ2) is 22.0. The van der Waals surface area contributed by atoms with Crippen LogP contribution in [0.15, 0.2) is 4.99 Å². The van der Waals surface area contributed by atoms with E-state index in [1.54, 1.807) is 0 Å². The van der Waals surface area contributed by atoms with Gasteiger partial charge in [0.1, 0.15) is 36.3 Å². The van der Waals surface area contributed by atoms with Gasteiger partial charge in [0.05, 0.1) is 32.5 Å². The van der Waals surface area contributed by atoms with E-state index in [-0.39, 0.29) is 18.9 Å². The highest BCUT2D eigenvalue weighted by Crippen LogP contribution is 2.04. The fraction of sp³-hybridized carbons (Fsp3) is 0.692. The van der Waals surface area contributed by atoms with Crippen LogP contribution >= 0.6 is 0 Å². The zero-order chi connectivity index (χ0) is 37.1. The number of carbonyl (C=O) groups is 7. The smallest absolute Gasteiger partial charge is 0.328 e. The summed E-state index contributed by atoms with van der Waals surface area (Å²) in [6, 6.07) is -10.4. The van der Waals surface area contributed by atoms with E-state index in [1.165, 1.54) is 20.8 Å². The van der Waals surface area contributed by atoms with Crippen molar-refractivity contribution < 1.29 is 59.1 Å². The predicted octanol–water partition coefficient (Wildman–Crippen LogP) is -7.99. The molecule has 6 amide bonds. The molecule has 0 aliphatic heterocycles. The molecule has 274 valence electrons. The number of carbonyl (C=O) groups excluding carboxylic acids is 6. The molecule has 17 N–H and O–H groups in total. The van der Waals surface area contributed by atoms with Gasteiger partial charge in [-0.1, -0.05) is 13.8 Å². The monoisotopic (exact) mass is 692 g/mol. The van der Waals surface area contributed by atoms with Gasteiger partial charge in [-0.05, 0) is 25.7 Å². The normalized spacial score (nSPS) is 15.3. The second-order valence-electron chi connectivity index (χ2n) is 10.8. The molecule has 0 aliphatic rings. The van der Waals surface area contributed by atoms with E-state index in [0.717, 1.165) is 0 Å². The molecule has 22 heteroatoms. The maximum Gasteiger partial charge on any atom is 0.328 e. The molecule has 0 aromatic carbocycles. The number of carboxylic acids is 1. The molecule has 0 saturated heterocycles. The number of aliphatic carboxylic acids is 1. The maximum atomic E-state index is 12.8. The number of rotatable bonds is 22. The number of aliphatic hydroxyl groups excluding tert-OH is 4. The van der Waals surface area contributed by atoms with E-state index >= 15 is 0 Å². The Hall–Kier alpha value is -4.64. The number of hydrogen-bond acceptors (Lipinski definition) is 13. The molecule has 0 aromatic rings. The van der Waals surface area contributed by atoms with Crippen molar-refractivity contribution in [3.05, 3.63) is 0 Å². The summed E-state index contributed by atoms with van der Waals surface area (Å²) in [4.78, 5) is 90.6. The van der Waals surface area contributed by atoms with Gasteiger partial charge < -0.3 is 74.6 Å². The summed E-state index contributed by atoms with van der Waals surface area (Å²) in [6.45, 7) is 0.563. The van der Waals surface area contributed by atoms with Gasteiger partial charge in [-0.3, -0.25) is 33.8 Å². The molecule has 0 bridgehead atoms. The Morgan fingerprint density at radius 1 is 0.604 bits per heavy atom. The van der Waals surface area contributed by atoms with Gasteiger partial charge in [0.2, 0.25) is 35.4 Å². The summed E-state index contributed by atoms with van der Waals surface area (Å²) in [7, 11) is 0. The Morgan fingerprint density at radius 3 is 1.42 bits per heavy atom. The maximum absolute atomic E-state index is 12.8. The average Bonchev–Trinajstić information content (AvgIpc) is 3.03. The standard InChI is InChI=1S/C26H48N10O12/c1-11(2)18(24(46)35-17(10-40)25(47)48)36-23(45)16(9-39)34-22(44)15(8-38)33-21(43)14(7-37)32-19(41)12(3)31-20(42)13(27)5-4-6-30-26(28)29/h11-18,37-40H,4-10,27H2,1-3H3,(H,31,42)(H,32,41)(H,33,43)(H,34,44)(H,35,46)(H,36,45)(H,47,48)(H4,28,29,30)/t12-,13-,14-,15-,16-,17-,18-/m0/s1. The molecule has 0 unspecified atom stereocenters. The number of nitrogens with zero attached hydrogens (tertiary/aromatic N) is 1. The first kappa shape index (κ1) is 43.4. The first-order chi connectivity index (χ1) is 22.4. The highest BCUT2D eigenvalue weighted by molar-refractivity contribution is 5.97. The molecule has 0 fully saturated rings. The Bertz CT molecular complexity index is 1150. The van der Waals surface area contributed by atoms with Gasteiger partial charge in [-0.2, -0.15) is 0 Å². The minimum atomic E-state index is -1.76. The van der Waals surface area contributed by atoms with Crippen molar-refractivity contribution in [1.82, 2.24) is 31.9 Å². The minimum Gasteiger partial charge on any atom is -0.480 e. The fourth-order valence-corrected chi connectivity index (χ4v) is 3.70. The minimum absolute atomic E-state index is 0.123. The van der Waals surface area contributed by atoms with Crippen LogP contribution in [0, 0.1) is 5.92 Å². The zero-order valence-corrected chi connectivity index (χ0v) is 26.8. The first-order valence-electron chi connectivity index (χ1n) is 14.7. The Kier molecular flexibility index (Phi) is 19.9. The van der Waals surface area contributed by atoms with Crippen molar-refractivity contribution in [2.45, 2.75) is 75.9 Å². The third kappa shape index (κ3) is 15.3. The van der Waals surface area contributed by atoms with E-state index in [9.17, 15) is 48.9 Å². The molecule has 0 spiro atoms. The number of hydrogen-bond donors (Lipinski definition) is 14. The Morgan fingerprint density at radius 2 is 1.02 bits per heavy atom. The molecule has 22 nitrogen and oxygen atoms in total. The summed E-state index contributed by atoms with van der Waals surface area (Å²) in [6.07, 6.45) is 0.562. The molecular weight excluding hydrogens is 644 g/mol. The van der Waals surface area contributed by atoms with Crippen molar-refractivity contribution in [2.24, 2.45) is 28.1 Å². The average molecular weight is 693 g/mol. The van der Waals surface area contributed by atoms with Crippen LogP contribution in [0.1, 0.15) is 33.6 Å². The van der Waals surface area contributed by atoms with E-state index in [1.807, 2.05) is 5.32 Å². The lowest BCUT2D eigenvalue weighted by Crippen LogP contribution is -2.61. The fourth-order valence-electron chi connectivity index (χ4n) is 3.70. The SMILES string of the molecule is CC(C)[C@H](NC(=O)[C@H](CO)NC(=O)[C@H](CO)NC(=O)[C@H](CO)NC(=O)[C@H](C)NC(=O)[C@@H](N)CCCN=C(N)N)C(=O)N[C@@H](CO)C(=O)O. The third-order valence-electron chi connectivity index (χ3n) is 6.55. The molecule has 0 aromatic heterocycles. The van der Waals surface area contributed by atoms with Gasteiger partial charge in [-0.25, -0.2) is 4.79 Å². The summed E-state index contributed by atoms with van der Waals surface area (Å²) in [5, 5.41) is 60.2. The number of amides is 6. The highest BCUT2D eigenvalue weighted by Gasteiger charge is 2.33. The molecule has 7 atom stereocenters. The number of nitrogens with one attached hydrogen (secondary N) is 6. The van der Waals surface area contributed by atoms with Gasteiger partial charge >= 0.3 is 5.97 Å². The van der Waals surface area contributed by atoms with Crippen LogP contribution < -0.4 is 49.1 Å². The number of aliphatic hydroxyl groups is 4. The van der Waals surface area contributed by atoms with Crippen LogP contribution in [0.4, 0.5) is 0 Å². The lowest BCUT2D eigenvalue weighted by atomic mass is 10.0. The van der Waals surface area contributed by atoms with E-state index in [0.29, 0.717) is 6.42 Å². The van der Waals surface area contributed by atoms with Crippen molar-refractivity contribution in [1.29, 1.82) is 0 Å². The zero-order valence-electron chi connectivity index (χ0n) is 26.8. The van der Waals surface area contributed by atoms with Crippen molar-refractivity contribution >= 4 is 47.4 Å². The van der Waals surface area contributed by atoms with Gasteiger partial charge in [0.15, 0.2) is 5.96 Å². The summed E-state index contributed by atoms with van der Waals surface area (Å²) < 4.78 is 0. The Labute approximate surface area is 275 Å². The van der Waals surface area contributed by atoms with Crippen molar-refractivity contribution in [2.75, 3.05) is 33.0 Å². The lowest BCUT2D eigenvalue weighted by Gasteiger charge is -2.27. The largest absolute Gasteiger partial charge is 0.480 e. The second-order valence-corrected chi connectivity index (χ2v) is 10.8. The molecule has 0 radical (unpaired) electrons. The van der Waals surface area contributed by atoms with Gasteiger partial charge in [0.25, 0.3) is 0 Å².